The molecule has 0 saturated carbocycles. The number of amidine groups is 1. The molecule has 0 aliphatic carbocycles. The van der Waals surface area contributed by atoms with Gasteiger partial charge in [0.1, 0.15) is 18.1 Å². The molecule has 0 fully saturated rings. The predicted molar refractivity (Wildman–Crippen MR) is 71.4 cm³/mol. The minimum Gasteiger partial charge on any atom is -0.508 e. The van der Waals surface area contributed by atoms with E-state index in [0.717, 1.165) is 5.56 Å². The van der Waals surface area contributed by atoms with Crippen molar-refractivity contribution in [3.8, 4) is 11.5 Å². The quantitative estimate of drug-likeness (QED) is 0.339. The molecule has 0 aromatic heterocycles. The molecule has 0 aliphatic heterocycles. The summed E-state index contributed by atoms with van der Waals surface area (Å²) in [6, 6.07) is 13.8. The molecule has 0 radical (unpaired) electrons. The van der Waals surface area contributed by atoms with Crippen LogP contribution in [-0.4, -0.2) is 16.1 Å². The number of nitrogens with two attached hydrogens (primary N) is 1. The number of phenols is 1. The third-order valence-corrected chi connectivity index (χ3v) is 2.58. The average Bonchev–Trinajstić information content (AvgIpc) is 2.45. The minimum absolute atomic E-state index is 0.00786. The van der Waals surface area contributed by atoms with E-state index in [0.29, 0.717) is 11.3 Å². The van der Waals surface area contributed by atoms with Crippen molar-refractivity contribution in [1.29, 1.82) is 0 Å². The minimum atomic E-state index is -0.00786. The molecule has 0 amide bonds. The first-order valence-electron chi connectivity index (χ1n) is 5.68. The number of oxime groups is 1. The van der Waals surface area contributed by atoms with E-state index in [4.69, 9.17) is 15.7 Å². The first kappa shape index (κ1) is 12.8. The van der Waals surface area contributed by atoms with Gasteiger partial charge in [0.05, 0.1) is 5.56 Å². The van der Waals surface area contributed by atoms with Crippen LogP contribution in [0.4, 0.5) is 0 Å². The van der Waals surface area contributed by atoms with E-state index in [-0.39, 0.29) is 18.2 Å². The number of rotatable bonds is 4. The van der Waals surface area contributed by atoms with Crippen LogP contribution < -0.4 is 10.5 Å². The van der Waals surface area contributed by atoms with Gasteiger partial charge in [-0.3, -0.25) is 0 Å². The van der Waals surface area contributed by atoms with Crippen molar-refractivity contribution in [1.82, 2.24) is 0 Å². The lowest BCUT2D eigenvalue weighted by Crippen LogP contribution is -2.14. The zero-order valence-corrected chi connectivity index (χ0v) is 10.2. The van der Waals surface area contributed by atoms with Crippen molar-refractivity contribution in [2.24, 2.45) is 10.9 Å². The molecule has 0 unspecified atom stereocenters. The molecule has 0 aliphatic rings. The molecule has 2 aromatic carbocycles. The predicted octanol–water partition coefficient (Wildman–Crippen LogP) is 2.07. The molecule has 98 valence electrons. The van der Waals surface area contributed by atoms with Crippen LogP contribution in [-0.2, 0) is 6.61 Å². The van der Waals surface area contributed by atoms with Crippen LogP contribution in [0, 0.1) is 0 Å². The summed E-state index contributed by atoms with van der Waals surface area (Å²) in [6.07, 6.45) is 0. The van der Waals surface area contributed by atoms with Crippen LogP contribution in [0.3, 0.4) is 0 Å². The Hall–Kier alpha value is -2.69. The fraction of sp³-hybridized carbons (Fsp3) is 0.0714. The summed E-state index contributed by atoms with van der Waals surface area (Å²) >= 11 is 0. The third-order valence-electron chi connectivity index (χ3n) is 2.58. The highest BCUT2D eigenvalue weighted by Gasteiger charge is 2.07. The SMILES string of the molecule is NC(=NO)c1ccccc1OCc1cccc(O)c1. The largest absolute Gasteiger partial charge is 0.508 e. The van der Waals surface area contributed by atoms with Gasteiger partial charge in [-0.1, -0.05) is 29.4 Å². The van der Waals surface area contributed by atoms with Gasteiger partial charge in [-0.25, -0.2) is 0 Å². The zero-order valence-electron chi connectivity index (χ0n) is 10.2. The van der Waals surface area contributed by atoms with Gasteiger partial charge >= 0.3 is 0 Å². The monoisotopic (exact) mass is 258 g/mol. The van der Waals surface area contributed by atoms with Crippen LogP contribution in [0.2, 0.25) is 0 Å². The standard InChI is InChI=1S/C14H14N2O3/c15-14(16-18)12-6-1-2-7-13(12)19-9-10-4-3-5-11(17)8-10/h1-8,17-18H,9H2,(H2,15,16). The molecule has 0 saturated heterocycles. The number of para-hydroxylation sites is 1. The van der Waals surface area contributed by atoms with Crippen molar-refractivity contribution in [3.63, 3.8) is 0 Å². The van der Waals surface area contributed by atoms with Gasteiger partial charge in [0.2, 0.25) is 0 Å². The maximum absolute atomic E-state index is 9.36. The Morgan fingerprint density at radius 3 is 2.68 bits per heavy atom. The van der Waals surface area contributed by atoms with Crippen LogP contribution in [0.15, 0.2) is 53.7 Å². The van der Waals surface area contributed by atoms with Crippen LogP contribution in [0.5, 0.6) is 11.5 Å². The van der Waals surface area contributed by atoms with E-state index < -0.39 is 0 Å². The molecule has 2 rings (SSSR count). The Balaban J connectivity index is 2.16. The normalized spacial score (nSPS) is 11.3. The van der Waals surface area contributed by atoms with Gasteiger partial charge in [-0.15, -0.1) is 0 Å². The van der Waals surface area contributed by atoms with Crippen molar-refractivity contribution in [2.45, 2.75) is 6.61 Å². The second-order valence-electron chi connectivity index (χ2n) is 3.94. The summed E-state index contributed by atoms with van der Waals surface area (Å²) in [5.74, 6) is 0.693. The number of hydrogen-bond donors (Lipinski definition) is 3. The van der Waals surface area contributed by atoms with Gasteiger partial charge in [0, 0.05) is 0 Å². The molecule has 0 bridgehead atoms. The molecular formula is C14H14N2O3. The van der Waals surface area contributed by atoms with Gasteiger partial charge < -0.3 is 20.8 Å². The summed E-state index contributed by atoms with van der Waals surface area (Å²) in [5.41, 5.74) is 6.91. The van der Waals surface area contributed by atoms with E-state index in [2.05, 4.69) is 5.16 Å². The molecule has 2 aromatic rings. The molecule has 0 heterocycles. The lowest BCUT2D eigenvalue weighted by Gasteiger charge is -2.10. The van der Waals surface area contributed by atoms with Gasteiger partial charge in [-0.05, 0) is 29.8 Å². The van der Waals surface area contributed by atoms with Gasteiger partial charge in [0.15, 0.2) is 5.84 Å². The number of phenolic OH excluding ortho intramolecular Hbond substituents is 1. The molecule has 4 N–H and O–H groups in total. The first-order chi connectivity index (χ1) is 9.20. The fourth-order valence-corrected chi connectivity index (χ4v) is 1.67. The lowest BCUT2D eigenvalue weighted by molar-refractivity contribution is 0.302. The Morgan fingerprint density at radius 1 is 1.16 bits per heavy atom. The van der Waals surface area contributed by atoms with E-state index in [1.165, 1.54) is 0 Å². The Labute approximate surface area is 110 Å². The lowest BCUT2D eigenvalue weighted by atomic mass is 10.2. The van der Waals surface area contributed by atoms with E-state index >= 15 is 0 Å². The summed E-state index contributed by atoms with van der Waals surface area (Å²) in [5, 5.41) is 21.0. The Bertz CT molecular complexity index is 597. The second-order valence-corrected chi connectivity index (χ2v) is 3.94. The molecule has 19 heavy (non-hydrogen) atoms. The number of benzene rings is 2. The highest BCUT2D eigenvalue weighted by molar-refractivity contribution is 5.99. The van der Waals surface area contributed by atoms with Crippen molar-refractivity contribution < 1.29 is 15.1 Å². The summed E-state index contributed by atoms with van der Waals surface area (Å²) in [6.45, 7) is 0.282. The molecule has 0 spiro atoms. The fourth-order valence-electron chi connectivity index (χ4n) is 1.67. The van der Waals surface area contributed by atoms with Crippen molar-refractivity contribution in [3.05, 3.63) is 59.7 Å². The number of aromatic hydroxyl groups is 1. The van der Waals surface area contributed by atoms with Crippen molar-refractivity contribution in [2.75, 3.05) is 0 Å². The zero-order chi connectivity index (χ0) is 13.7. The molecule has 0 atom stereocenters. The van der Waals surface area contributed by atoms with Gasteiger partial charge in [0.25, 0.3) is 0 Å². The number of hydrogen-bond acceptors (Lipinski definition) is 4. The third kappa shape index (κ3) is 3.16. The highest BCUT2D eigenvalue weighted by Crippen LogP contribution is 2.20. The summed E-state index contributed by atoms with van der Waals surface area (Å²) in [4.78, 5) is 0. The second kappa shape index (κ2) is 5.77. The Morgan fingerprint density at radius 2 is 1.95 bits per heavy atom. The maximum atomic E-state index is 9.36. The van der Waals surface area contributed by atoms with Crippen molar-refractivity contribution >= 4 is 5.84 Å². The van der Waals surface area contributed by atoms with Crippen LogP contribution in [0.25, 0.3) is 0 Å². The molecular weight excluding hydrogens is 244 g/mol. The van der Waals surface area contributed by atoms with E-state index in [1.54, 1.807) is 42.5 Å². The Kier molecular flexibility index (Phi) is 3.87. The average molecular weight is 258 g/mol. The van der Waals surface area contributed by atoms with E-state index in [1.807, 2.05) is 6.07 Å². The van der Waals surface area contributed by atoms with Gasteiger partial charge in [-0.2, -0.15) is 0 Å². The van der Waals surface area contributed by atoms with Crippen LogP contribution >= 0.6 is 0 Å². The summed E-state index contributed by atoms with van der Waals surface area (Å²) in [7, 11) is 0. The summed E-state index contributed by atoms with van der Waals surface area (Å²) < 4.78 is 5.62. The van der Waals surface area contributed by atoms with E-state index in [9.17, 15) is 5.11 Å². The number of nitrogens with zero attached hydrogens (tertiary/aromatic N) is 1. The topological polar surface area (TPSA) is 88.1 Å². The van der Waals surface area contributed by atoms with Crippen LogP contribution in [0.1, 0.15) is 11.1 Å². The smallest absolute Gasteiger partial charge is 0.173 e. The number of ether oxygens (including phenoxy) is 1. The first-order valence-corrected chi connectivity index (χ1v) is 5.68. The molecule has 5 nitrogen and oxygen atoms in total. The maximum Gasteiger partial charge on any atom is 0.173 e. The highest BCUT2D eigenvalue weighted by atomic mass is 16.5. The molecule has 5 heteroatoms.